The standard InChI is InChI=1S/C15H19N5O/c1-10-6-5-7-13(11(10)2)19-15(21)18-12-8-16-14(17-9-12)20(3)4/h5-9H,1-4H3,(H2,18,19,21). The number of aryl methyl sites for hydroxylation is 1. The van der Waals surface area contributed by atoms with Gasteiger partial charge in [0.1, 0.15) is 0 Å². The number of rotatable bonds is 3. The van der Waals surface area contributed by atoms with E-state index in [2.05, 4.69) is 20.6 Å². The van der Waals surface area contributed by atoms with Gasteiger partial charge in [0.05, 0.1) is 18.1 Å². The largest absolute Gasteiger partial charge is 0.347 e. The molecule has 0 unspecified atom stereocenters. The number of aromatic nitrogens is 2. The van der Waals surface area contributed by atoms with Crippen molar-refractivity contribution < 1.29 is 4.79 Å². The third kappa shape index (κ3) is 3.68. The van der Waals surface area contributed by atoms with Crippen LogP contribution >= 0.6 is 0 Å². The minimum Gasteiger partial charge on any atom is -0.347 e. The molecule has 1 aromatic carbocycles. The van der Waals surface area contributed by atoms with Crippen molar-refractivity contribution in [3.05, 3.63) is 41.7 Å². The number of hydrogen-bond donors (Lipinski definition) is 2. The third-order valence-corrected chi connectivity index (χ3v) is 3.15. The molecule has 0 aliphatic rings. The molecule has 2 rings (SSSR count). The molecule has 110 valence electrons. The predicted octanol–water partition coefficient (Wildman–Crippen LogP) is 2.80. The van der Waals surface area contributed by atoms with Crippen molar-refractivity contribution in [2.75, 3.05) is 29.6 Å². The van der Waals surface area contributed by atoms with Crippen molar-refractivity contribution in [3.8, 4) is 0 Å². The lowest BCUT2D eigenvalue weighted by Crippen LogP contribution is -2.20. The van der Waals surface area contributed by atoms with E-state index < -0.39 is 0 Å². The minimum atomic E-state index is -0.315. The maximum Gasteiger partial charge on any atom is 0.323 e. The highest BCUT2D eigenvalue weighted by atomic mass is 16.2. The Bertz CT molecular complexity index is 637. The van der Waals surface area contributed by atoms with E-state index in [4.69, 9.17) is 0 Å². The number of anilines is 3. The lowest BCUT2D eigenvalue weighted by atomic mass is 10.1. The van der Waals surface area contributed by atoms with Gasteiger partial charge in [0.25, 0.3) is 0 Å². The zero-order valence-corrected chi connectivity index (χ0v) is 12.6. The molecular formula is C15H19N5O. The molecule has 0 spiro atoms. The van der Waals surface area contributed by atoms with E-state index in [1.165, 1.54) is 0 Å². The third-order valence-electron chi connectivity index (χ3n) is 3.15. The van der Waals surface area contributed by atoms with Crippen molar-refractivity contribution in [1.82, 2.24) is 9.97 Å². The van der Waals surface area contributed by atoms with E-state index >= 15 is 0 Å². The van der Waals surface area contributed by atoms with Crippen LogP contribution in [0.1, 0.15) is 11.1 Å². The summed E-state index contributed by atoms with van der Waals surface area (Å²) in [5.74, 6) is 0.593. The highest BCUT2D eigenvalue weighted by molar-refractivity contribution is 6.00. The fourth-order valence-electron chi connectivity index (χ4n) is 1.79. The quantitative estimate of drug-likeness (QED) is 0.909. The first-order valence-electron chi connectivity index (χ1n) is 6.61. The maximum atomic E-state index is 12.0. The molecule has 0 aliphatic carbocycles. The van der Waals surface area contributed by atoms with Crippen LogP contribution in [-0.4, -0.2) is 30.1 Å². The Morgan fingerprint density at radius 1 is 1.10 bits per heavy atom. The molecule has 0 aliphatic heterocycles. The number of carbonyl (C=O) groups is 1. The molecule has 0 bridgehead atoms. The van der Waals surface area contributed by atoms with Gasteiger partial charge in [-0.15, -0.1) is 0 Å². The molecule has 2 aromatic rings. The summed E-state index contributed by atoms with van der Waals surface area (Å²) in [6.45, 7) is 3.98. The number of urea groups is 1. The van der Waals surface area contributed by atoms with Crippen LogP contribution in [0.4, 0.5) is 22.1 Å². The number of benzene rings is 1. The van der Waals surface area contributed by atoms with Gasteiger partial charge in [-0.25, -0.2) is 14.8 Å². The zero-order valence-electron chi connectivity index (χ0n) is 12.6. The lowest BCUT2D eigenvalue weighted by molar-refractivity contribution is 0.262. The van der Waals surface area contributed by atoms with Crippen LogP contribution in [-0.2, 0) is 0 Å². The molecule has 0 saturated heterocycles. The van der Waals surface area contributed by atoms with Crippen LogP contribution in [0, 0.1) is 13.8 Å². The molecule has 21 heavy (non-hydrogen) atoms. The minimum absolute atomic E-state index is 0.315. The number of hydrogen-bond acceptors (Lipinski definition) is 4. The summed E-state index contributed by atoms with van der Waals surface area (Å²) in [5.41, 5.74) is 3.51. The first-order chi connectivity index (χ1) is 9.97. The van der Waals surface area contributed by atoms with Gasteiger partial charge < -0.3 is 15.5 Å². The van der Waals surface area contributed by atoms with Gasteiger partial charge in [0.2, 0.25) is 5.95 Å². The predicted molar refractivity (Wildman–Crippen MR) is 84.9 cm³/mol. The summed E-state index contributed by atoms with van der Waals surface area (Å²) in [7, 11) is 3.71. The van der Waals surface area contributed by atoms with Gasteiger partial charge in [-0.2, -0.15) is 0 Å². The number of amides is 2. The monoisotopic (exact) mass is 285 g/mol. The molecule has 1 heterocycles. The van der Waals surface area contributed by atoms with E-state index in [0.29, 0.717) is 11.6 Å². The van der Waals surface area contributed by atoms with Crippen molar-refractivity contribution in [3.63, 3.8) is 0 Å². The van der Waals surface area contributed by atoms with Crippen molar-refractivity contribution in [2.45, 2.75) is 13.8 Å². The Labute approximate surface area is 124 Å². The van der Waals surface area contributed by atoms with E-state index in [1.54, 1.807) is 17.3 Å². The Kier molecular flexibility index (Phi) is 4.37. The molecule has 0 atom stereocenters. The Balaban J connectivity index is 2.03. The summed E-state index contributed by atoms with van der Waals surface area (Å²) in [5, 5.41) is 5.53. The molecule has 6 nitrogen and oxygen atoms in total. The highest BCUT2D eigenvalue weighted by Gasteiger charge is 2.07. The number of nitrogens with one attached hydrogen (secondary N) is 2. The molecule has 0 fully saturated rings. The van der Waals surface area contributed by atoms with Crippen molar-refractivity contribution >= 4 is 23.4 Å². The summed E-state index contributed by atoms with van der Waals surface area (Å²) < 4.78 is 0. The van der Waals surface area contributed by atoms with Crippen LogP contribution in [0.25, 0.3) is 0 Å². The van der Waals surface area contributed by atoms with Crippen LogP contribution in [0.3, 0.4) is 0 Å². The van der Waals surface area contributed by atoms with Gasteiger partial charge in [-0.3, -0.25) is 0 Å². The Morgan fingerprint density at radius 2 is 1.76 bits per heavy atom. The fourth-order valence-corrected chi connectivity index (χ4v) is 1.79. The van der Waals surface area contributed by atoms with Gasteiger partial charge >= 0.3 is 6.03 Å². The topological polar surface area (TPSA) is 70.2 Å². The summed E-state index contributed by atoms with van der Waals surface area (Å²) in [6, 6.07) is 5.47. The SMILES string of the molecule is Cc1cccc(NC(=O)Nc2cnc(N(C)C)nc2)c1C. The first kappa shape index (κ1) is 14.8. The smallest absolute Gasteiger partial charge is 0.323 e. The lowest BCUT2D eigenvalue weighted by Gasteiger charge is -2.12. The first-order valence-corrected chi connectivity index (χ1v) is 6.61. The van der Waals surface area contributed by atoms with Crippen molar-refractivity contribution in [2.24, 2.45) is 0 Å². The second kappa shape index (κ2) is 6.21. The summed E-state index contributed by atoms with van der Waals surface area (Å²) in [4.78, 5) is 22.1. The zero-order chi connectivity index (χ0) is 15.4. The second-order valence-corrected chi connectivity index (χ2v) is 4.99. The average molecular weight is 285 g/mol. The molecule has 2 amide bonds. The van der Waals surface area contributed by atoms with Crippen LogP contribution in [0.15, 0.2) is 30.6 Å². The molecule has 0 saturated carbocycles. The van der Waals surface area contributed by atoms with Crippen molar-refractivity contribution in [1.29, 1.82) is 0 Å². The number of nitrogens with zero attached hydrogens (tertiary/aromatic N) is 3. The van der Waals surface area contributed by atoms with Gasteiger partial charge in [-0.05, 0) is 31.0 Å². The van der Waals surface area contributed by atoms with Crippen LogP contribution < -0.4 is 15.5 Å². The number of carbonyl (C=O) groups excluding carboxylic acids is 1. The average Bonchev–Trinajstić information content (AvgIpc) is 2.44. The fraction of sp³-hybridized carbons (Fsp3) is 0.267. The van der Waals surface area contributed by atoms with E-state index in [1.807, 2.05) is 46.1 Å². The summed E-state index contributed by atoms with van der Waals surface area (Å²) in [6.07, 6.45) is 3.15. The highest BCUT2D eigenvalue weighted by Crippen LogP contribution is 2.18. The van der Waals surface area contributed by atoms with Gasteiger partial charge in [-0.1, -0.05) is 12.1 Å². The van der Waals surface area contributed by atoms with Crippen LogP contribution in [0.2, 0.25) is 0 Å². The van der Waals surface area contributed by atoms with Gasteiger partial charge in [0.15, 0.2) is 0 Å². The molecule has 0 radical (unpaired) electrons. The Hall–Kier alpha value is -2.63. The normalized spacial score (nSPS) is 10.1. The molecule has 2 N–H and O–H groups in total. The van der Waals surface area contributed by atoms with E-state index in [9.17, 15) is 4.79 Å². The van der Waals surface area contributed by atoms with E-state index in [-0.39, 0.29) is 6.03 Å². The van der Waals surface area contributed by atoms with Gasteiger partial charge in [0, 0.05) is 19.8 Å². The van der Waals surface area contributed by atoms with Crippen LogP contribution in [0.5, 0.6) is 0 Å². The second-order valence-electron chi connectivity index (χ2n) is 4.99. The van der Waals surface area contributed by atoms with E-state index in [0.717, 1.165) is 16.8 Å². The molecule has 6 heteroatoms. The summed E-state index contributed by atoms with van der Waals surface area (Å²) >= 11 is 0. The molecule has 1 aromatic heterocycles. The molecular weight excluding hydrogens is 266 g/mol. The maximum absolute atomic E-state index is 12.0. The Morgan fingerprint density at radius 3 is 2.38 bits per heavy atom.